The molecule has 0 heterocycles. The summed E-state index contributed by atoms with van der Waals surface area (Å²) in [6.07, 6.45) is -0.0177. The number of aryl methyl sites for hydroxylation is 1. The minimum atomic E-state index is -1.04. The predicted molar refractivity (Wildman–Crippen MR) is 82.9 cm³/mol. The molecule has 0 aliphatic heterocycles. The van der Waals surface area contributed by atoms with Crippen LogP contribution in [0.15, 0.2) is 24.3 Å². The van der Waals surface area contributed by atoms with E-state index in [1.165, 1.54) is 0 Å². The summed E-state index contributed by atoms with van der Waals surface area (Å²) < 4.78 is 0. The molecule has 4 heteroatoms. The van der Waals surface area contributed by atoms with Crippen molar-refractivity contribution in [3.05, 3.63) is 35.4 Å². The summed E-state index contributed by atoms with van der Waals surface area (Å²) in [6.45, 7) is 9.18. The van der Waals surface area contributed by atoms with Crippen molar-refractivity contribution in [2.45, 2.75) is 47.1 Å². The van der Waals surface area contributed by atoms with Gasteiger partial charge in [-0.2, -0.15) is 0 Å². The number of hydrogen-bond donors (Lipinski definition) is 2. The molecule has 0 radical (unpaired) electrons. The van der Waals surface area contributed by atoms with Gasteiger partial charge in [0.25, 0.3) is 0 Å². The van der Waals surface area contributed by atoms with Gasteiger partial charge >= 0.3 is 5.97 Å². The van der Waals surface area contributed by atoms with E-state index >= 15 is 0 Å². The van der Waals surface area contributed by atoms with Crippen molar-refractivity contribution in [1.29, 1.82) is 0 Å². The van der Waals surface area contributed by atoms with E-state index in [9.17, 15) is 14.7 Å². The number of benzene rings is 1. The summed E-state index contributed by atoms with van der Waals surface area (Å²) in [7, 11) is 0. The Kier molecular flexibility index (Phi) is 5.53. The van der Waals surface area contributed by atoms with Gasteiger partial charge in [-0.05, 0) is 32.3 Å². The second-order valence-corrected chi connectivity index (χ2v) is 6.25. The van der Waals surface area contributed by atoms with Gasteiger partial charge in [-0.25, -0.2) is 0 Å². The summed E-state index contributed by atoms with van der Waals surface area (Å²) in [5.41, 5.74) is 1.13. The topological polar surface area (TPSA) is 66.4 Å². The monoisotopic (exact) mass is 291 g/mol. The number of nitrogens with one attached hydrogen (secondary N) is 1. The fourth-order valence-corrected chi connectivity index (χ4v) is 2.09. The van der Waals surface area contributed by atoms with Gasteiger partial charge in [-0.1, -0.05) is 43.7 Å². The normalized spacial score (nSPS) is 15.3. The maximum absolute atomic E-state index is 12.1. The SMILES string of the molecule is Cc1ccc([C@@H](C)NC(=O)CC(C)(C(=O)O)C(C)C)cc1. The van der Waals surface area contributed by atoms with Gasteiger partial charge in [0.05, 0.1) is 11.5 Å². The van der Waals surface area contributed by atoms with Crippen molar-refractivity contribution in [2.24, 2.45) is 11.3 Å². The highest BCUT2D eigenvalue weighted by Crippen LogP contribution is 2.31. The lowest BCUT2D eigenvalue weighted by atomic mass is 9.76. The lowest BCUT2D eigenvalue weighted by molar-refractivity contribution is -0.153. The number of carboxylic acid groups (broad SMARTS) is 1. The van der Waals surface area contributed by atoms with Crippen molar-refractivity contribution >= 4 is 11.9 Å². The highest BCUT2D eigenvalue weighted by molar-refractivity contribution is 5.85. The second kappa shape index (κ2) is 6.74. The maximum atomic E-state index is 12.1. The first-order chi connectivity index (χ1) is 9.66. The average Bonchev–Trinajstić information content (AvgIpc) is 2.38. The molecule has 0 saturated heterocycles. The summed E-state index contributed by atoms with van der Waals surface area (Å²) in [4.78, 5) is 23.6. The van der Waals surface area contributed by atoms with E-state index in [0.717, 1.165) is 11.1 Å². The van der Waals surface area contributed by atoms with Crippen LogP contribution in [-0.4, -0.2) is 17.0 Å². The molecule has 2 N–H and O–H groups in total. The number of carboxylic acids is 1. The van der Waals surface area contributed by atoms with Crippen molar-refractivity contribution < 1.29 is 14.7 Å². The molecule has 0 aliphatic carbocycles. The summed E-state index contributed by atoms with van der Waals surface area (Å²) in [6, 6.07) is 7.79. The molecular weight excluding hydrogens is 266 g/mol. The number of carbonyl (C=O) groups excluding carboxylic acids is 1. The molecule has 0 aromatic heterocycles. The number of carbonyl (C=O) groups is 2. The molecule has 1 unspecified atom stereocenters. The molecule has 0 aliphatic rings. The third kappa shape index (κ3) is 4.31. The van der Waals surface area contributed by atoms with Gasteiger partial charge < -0.3 is 10.4 Å². The lowest BCUT2D eigenvalue weighted by Crippen LogP contribution is -2.39. The Morgan fingerprint density at radius 3 is 2.14 bits per heavy atom. The first-order valence-electron chi connectivity index (χ1n) is 7.26. The van der Waals surface area contributed by atoms with Gasteiger partial charge in [-0.3, -0.25) is 9.59 Å². The first-order valence-corrected chi connectivity index (χ1v) is 7.26. The van der Waals surface area contributed by atoms with E-state index in [1.54, 1.807) is 6.92 Å². The standard InChI is InChI=1S/C17H25NO3/c1-11(2)17(5,16(20)21)10-15(19)18-13(4)14-8-6-12(3)7-9-14/h6-9,11,13H,10H2,1-5H3,(H,18,19)(H,20,21)/t13-,17?/m1/s1. The number of aliphatic carboxylic acids is 1. The van der Waals surface area contributed by atoms with E-state index < -0.39 is 11.4 Å². The predicted octanol–water partition coefficient (Wildman–Crippen LogP) is 3.31. The fourth-order valence-electron chi connectivity index (χ4n) is 2.09. The number of amides is 1. The number of hydrogen-bond acceptors (Lipinski definition) is 2. The van der Waals surface area contributed by atoms with E-state index in [-0.39, 0.29) is 24.3 Å². The van der Waals surface area contributed by atoms with Crippen LogP contribution in [0.4, 0.5) is 0 Å². The quantitative estimate of drug-likeness (QED) is 0.845. The molecule has 1 amide bonds. The Morgan fingerprint density at radius 2 is 1.71 bits per heavy atom. The van der Waals surface area contributed by atoms with Gasteiger partial charge in [0, 0.05) is 6.42 Å². The van der Waals surface area contributed by atoms with Crippen LogP contribution in [0.25, 0.3) is 0 Å². The summed E-state index contributed by atoms with van der Waals surface area (Å²) in [5.74, 6) is -1.28. The van der Waals surface area contributed by atoms with Crippen LogP contribution >= 0.6 is 0 Å². The zero-order valence-corrected chi connectivity index (χ0v) is 13.4. The largest absolute Gasteiger partial charge is 0.481 e. The van der Waals surface area contributed by atoms with Gasteiger partial charge in [-0.15, -0.1) is 0 Å². The molecule has 0 fully saturated rings. The van der Waals surface area contributed by atoms with E-state index in [1.807, 2.05) is 52.0 Å². The molecule has 21 heavy (non-hydrogen) atoms. The Hall–Kier alpha value is -1.84. The molecule has 1 aromatic rings. The van der Waals surface area contributed by atoms with E-state index in [0.29, 0.717) is 0 Å². The molecule has 0 spiro atoms. The molecule has 116 valence electrons. The first kappa shape index (κ1) is 17.2. The fraction of sp³-hybridized carbons (Fsp3) is 0.529. The third-order valence-electron chi connectivity index (χ3n) is 4.25. The smallest absolute Gasteiger partial charge is 0.310 e. The summed E-state index contributed by atoms with van der Waals surface area (Å²) >= 11 is 0. The van der Waals surface area contributed by atoms with Gasteiger partial charge in [0.1, 0.15) is 0 Å². The Morgan fingerprint density at radius 1 is 1.19 bits per heavy atom. The molecule has 1 rings (SSSR count). The zero-order valence-electron chi connectivity index (χ0n) is 13.4. The van der Waals surface area contributed by atoms with Crippen molar-refractivity contribution in [3.8, 4) is 0 Å². The molecule has 2 atom stereocenters. The van der Waals surface area contributed by atoms with Gasteiger partial charge in [0.15, 0.2) is 0 Å². The molecular formula is C17H25NO3. The Labute approximate surface area is 126 Å². The lowest BCUT2D eigenvalue weighted by Gasteiger charge is -2.29. The molecule has 0 saturated carbocycles. The van der Waals surface area contributed by atoms with E-state index in [2.05, 4.69) is 5.32 Å². The average molecular weight is 291 g/mol. The minimum absolute atomic E-state index is 0.0177. The number of rotatable bonds is 6. The highest BCUT2D eigenvalue weighted by atomic mass is 16.4. The van der Waals surface area contributed by atoms with Crippen LogP contribution in [0, 0.1) is 18.3 Å². The second-order valence-electron chi connectivity index (χ2n) is 6.25. The third-order valence-corrected chi connectivity index (χ3v) is 4.25. The van der Waals surface area contributed by atoms with Gasteiger partial charge in [0.2, 0.25) is 5.91 Å². The zero-order chi connectivity index (χ0) is 16.2. The van der Waals surface area contributed by atoms with Crippen molar-refractivity contribution in [2.75, 3.05) is 0 Å². The van der Waals surface area contributed by atoms with Crippen LogP contribution in [0.1, 0.15) is 51.3 Å². The van der Waals surface area contributed by atoms with Crippen LogP contribution in [-0.2, 0) is 9.59 Å². The minimum Gasteiger partial charge on any atom is -0.481 e. The van der Waals surface area contributed by atoms with E-state index in [4.69, 9.17) is 0 Å². The van der Waals surface area contributed by atoms with Crippen molar-refractivity contribution in [3.63, 3.8) is 0 Å². The highest BCUT2D eigenvalue weighted by Gasteiger charge is 2.38. The Balaban J connectivity index is 2.72. The van der Waals surface area contributed by atoms with Crippen LogP contribution < -0.4 is 5.32 Å². The molecule has 1 aromatic carbocycles. The van der Waals surface area contributed by atoms with Crippen LogP contribution in [0.5, 0.6) is 0 Å². The summed E-state index contributed by atoms with van der Waals surface area (Å²) in [5, 5.41) is 12.2. The Bertz CT molecular complexity index is 507. The van der Waals surface area contributed by atoms with Crippen molar-refractivity contribution in [1.82, 2.24) is 5.32 Å². The molecule has 0 bridgehead atoms. The van der Waals surface area contributed by atoms with Crippen LogP contribution in [0.3, 0.4) is 0 Å². The molecule has 4 nitrogen and oxygen atoms in total. The van der Waals surface area contributed by atoms with Crippen LogP contribution in [0.2, 0.25) is 0 Å². The maximum Gasteiger partial charge on any atom is 0.310 e.